The predicted molar refractivity (Wildman–Crippen MR) is 92.1 cm³/mol. The molecule has 0 amide bonds. The highest BCUT2D eigenvalue weighted by Gasteiger charge is 2.21. The maximum atomic E-state index is 6.29. The molecule has 1 unspecified atom stereocenters. The van der Waals surface area contributed by atoms with Crippen LogP contribution in [0.2, 0.25) is 5.02 Å². The topological polar surface area (TPSA) is 24.5 Å². The van der Waals surface area contributed by atoms with Crippen LogP contribution in [0.15, 0.2) is 18.2 Å². The second kappa shape index (κ2) is 7.67. The number of hydrogen-bond acceptors (Lipinski definition) is 3. The Bertz CT molecular complexity index is 482. The van der Waals surface area contributed by atoms with E-state index in [-0.39, 0.29) is 6.10 Å². The van der Waals surface area contributed by atoms with E-state index in [1.54, 1.807) is 0 Å². The molecular formula is C18H27ClN2O. The molecule has 1 atom stereocenters. The van der Waals surface area contributed by atoms with Crippen LogP contribution in [0.3, 0.4) is 0 Å². The van der Waals surface area contributed by atoms with Gasteiger partial charge in [0.25, 0.3) is 0 Å². The van der Waals surface area contributed by atoms with Crippen LogP contribution in [0.5, 0.6) is 5.75 Å². The van der Waals surface area contributed by atoms with Crippen LogP contribution < -0.4 is 10.1 Å². The van der Waals surface area contributed by atoms with E-state index in [1.165, 1.54) is 44.3 Å². The van der Waals surface area contributed by atoms with Gasteiger partial charge in [-0.25, -0.2) is 0 Å². The van der Waals surface area contributed by atoms with E-state index in [9.17, 15) is 0 Å². The molecule has 22 heavy (non-hydrogen) atoms. The van der Waals surface area contributed by atoms with Gasteiger partial charge in [0.2, 0.25) is 0 Å². The van der Waals surface area contributed by atoms with Gasteiger partial charge in [-0.15, -0.1) is 0 Å². The van der Waals surface area contributed by atoms with Gasteiger partial charge in [-0.05, 0) is 82.4 Å². The molecule has 1 aromatic rings. The summed E-state index contributed by atoms with van der Waals surface area (Å²) < 4.78 is 6.29. The SMILES string of the molecule is CC(CN1CCCC1)Oc1cc(Cl)ccc1C1CCNCC1. The summed E-state index contributed by atoms with van der Waals surface area (Å²) in [6.07, 6.45) is 5.21. The number of halogens is 1. The lowest BCUT2D eigenvalue weighted by atomic mass is 9.89. The molecule has 0 spiro atoms. The number of likely N-dealkylation sites (tertiary alicyclic amines) is 1. The summed E-state index contributed by atoms with van der Waals surface area (Å²) in [4.78, 5) is 2.50. The summed E-state index contributed by atoms with van der Waals surface area (Å²) >= 11 is 6.21. The molecule has 3 nitrogen and oxygen atoms in total. The number of nitrogens with zero attached hydrogens (tertiary/aromatic N) is 1. The van der Waals surface area contributed by atoms with Gasteiger partial charge in [0.15, 0.2) is 0 Å². The number of ether oxygens (including phenoxy) is 1. The third-order valence-corrected chi connectivity index (χ3v) is 5.03. The molecule has 3 rings (SSSR count). The van der Waals surface area contributed by atoms with Crippen LogP contribution in [-0.2, 0) is 0 Å². The summed E-state index contributed by atoms with van der Waals surface area (Å²) in [5.74, 6) is 1.58. The molecule has 2 saturated heterocycles. The summed E-state index contributed by atoms with van der Waals surface area (Å²) in [6.45, 7) is 7.80. The first kappa shape index (κ1) is 16.1. The molecule has 1 aromatic carbocycles. The highest BCUT2D eigenvalue weighted by atomic mass is 35.5. The minimum atomic E-state index is 0.206. The van der Waals surface area contributed by atoms with Gasteiger partial charge in [-0.2, -0.15) is 0 Å². The molecule has 0 bridgehead atoms. The van der Waals surface area contributed by atoms with Crippen molar-refractivity contribution < 1.29 is 4.74 Å². The first-order chi connectivity index (χ1) is 10.7. The Morgan fingerprint density at radius 2 is 2.00 bits per heavy atom. The normalized spacial score (nSPS) is 21.9. The van der Waals surface area contributed by atoms with Crippen molar-refractivity contribution in [3.05, 3.63) is 28.8 Å². The van der Waals surface area contributed by atoms with Crippen molar-refractivity contribution in [2.45, 2.75) is 44.6 Å². The van der Waals surface area contributed by atoms with Gasteiger partial charge < -0.3 is 10.1 Å². The highest BCUT2D eigenvalue weighted by molar-refractivity contribution is 6.30. The van der Waals surface area contributed by atoms with E-state index in [1.807, 2.05) is 12.1 Å². The third kappa shape index (κ3) is 4.15. The summed E-state index contributed by atoms with van der Waals surface area (Å²) in [5, 5.41) is 4.20. The zero-order valence-electron chi connectivity index (χ0n) is 13.5. The van der Waals surface area contributed by atoms with Crippen molar-refractivity contribution in [1.29, 1.82) is 0 Å². The Balaban J connectivity index is 1.69. The molecule has 0 aromatic heterocycles. The lowest BCUT2D eigenvalue weighted by molar-refractivity contribution is 0.160. The van der Waals surface area contributed by atoms with Crippen LogP contribution in [0, 0.1) is 0 Å². The zero-order chi connectivity index (χ0) is 15.4. The Kier molecular flexibility index (Phi) is 5.61. The van der Waals surface area contributed by atoms with E-state index >= 15 is 0 Å². The Labute approximate surface area is 139 Å². The van der Waals surface area contributed by atoms with E-state index < -0.39 is 0 Å². The van der Waals surface area contributed by atoms with Crippen LogP contribution in [0.25, 0.3) is 0 Å². The summed E-state index contributed by atoms with van der Waals surface area (Å²) in [5.41, 5.74) is 1.33. The maximum absolute atomic E-state index is 6.29. The second-order valence-electron chi connectivity index (χ2n) is 6.64. The van der Waals surface area contributed by atoms with Crippen LogP contribution in [0.1, 0.15) is 44.1 Å². The number of hydrogen-bond donors (Lipinski definition) is 1. The van der Waals surface area contributed by atoms with E-state index in [0.29, 0.717) is 5.92 Å². The van der Waals surface area contributed by atoms with E-state index in [2.05, 4.69) is 23.2 Å². The molecule has 2 aliphatic rings. The fourth-order valence-electron chi connectivity index (χ4n) is 3.66. The highest BCUT2D eigenvalue weighted by Crippen LogP contribution is 2.35. The molecule has 1 N–H and O–H groups in total. The third-order valence-electron chi connectivity index (χ3n) is 4.80. The Morgan fingerprint density at radius 1 is 1.27 bits per heavy atom. The molecule has 2 heterocycles. The molecule has 0 radical (unpaired) electrons. The van der Waals surface area contributed by atoms with Gasteiger partial charge >= 0.3 is 0 Å². The lowest BCUT2D eigenvalue weighted by Crippen LogP contribution is -2.32. The van der Waals surface area contributed by atoms with Gasteiger partial charge in [0.1, 0.15) is 11.9 Å². The number of piperidine rings is 1. The number of nitrogens with one attached hydrogen (secondary N) is 1. The van der Waals surface area contributed by atoms with Crippen molar-refractivity contribution in [3.63, 3.8) is 0 Å². The fraction of sp³-hybridized carbons (Fsp3) is 0.667. The van der Waals surface area contributed by atoms with Crippen molar-refractivity contribution in [3.8, 4) is 5.75 Å². The summed E-state index contributed by atoms with van der Waals surface area (Å²) in [7, 11) is 0. The number of benzene rings is 1. The first-order valence-electron chi connectivity index (χ1n) is 8.61. The van der Waals surface area contributed by atoms with E-state index in [4.69, 9.17) is 16.3 Å². The average Bonchev–Trinajstić information content (AvgIpc) is 3.01. The summed E-state index contributed by atoms with van der Waals surface area (Å²) in [6, 6.07) is 6.16. The van der Waals surface area contributed by atoms with Crippen molar-refractivity contribution >= 4 is 11.6 Å². The predicted octanol–water partition coefficient (Wildman–Crippen LogP) is 3.67. The van der Waals surface area contributed by atoms with Gasteiger partial charge in [0.05, 0.1) is 0 Å². The molecule has 4 heteroatoms. The standard InChI is InChI=1S/C18H27ClN2O/c1-14(13-21-10-2-3-11-21)22-18-12-16(19)4-5-17(18)15-6-8-20-9-7-15/h4-5,12,14-15,20H,2-3,6-11,13H2,1H3. The molecule has 2 aliphatic heterocycles. The molecule has 0 saturated carbocycles. The maximum Gasteiger partial charge on any atom is 0.124 e. The van der Waals surface area contributed by atoms with Crippen LogP contribution >= 0.6 is 11.6 Å². The monoisotopic (exact) mass is 322 g/mol. The van der Waals surface area contributed by atoms with Crippen LogP contribution in [0.4, 0.5) is 0 Å². The van der Waals surface area contributed by atoms with Crippen molar-refractivity contribution in [2.24, 2.45) is 0 Å². The van der Waals surface area contributed by atoms with Gasteiger partial charge in [-0.1, -0.05) is 17.7 Å². The quantitative estimate of drug-likeness (QED) is 0.895. The largest absolute Gasteiger partial charge is 0.489 e. The minimum Gasteiger partial charge on any atom is -0.489 e. The van der Waals surface area contributed by atoms with Crippen molar-refractivity contribution in [2.75, 3.05) is 32.7 Å². The second-order valence-corrected chi connectivity index (χ2v) is 7.08. The van der Waals surface area contributed by atoms with E-state index in [0.717, 1.165) is 30.4 Å². The zero-order valence-corrected chi connectivity index (χ0v) is 14.2. The minimum absolute atomic E-state index is 0.206. The lowest BCUT2D eigenvalue weighted by Gasteiger charge is -2.27. The van der Waals surface area contributed by atoms with Crippen molar-refractivity contribution in [1.82, 2.24) is 10.2 Å². The molecular weight excluding hydrogens is 296 g/mol. The molecule has 2 fully saturated rings. The van der Waals surface area contributed by atoms with Gasteiger partial charge in [0, 0.05) is 11.6 Å². The fourth-order valence-corrected chi connectivity index (χ4v) is 3.83. The smallest absolute Gasteiger partial charge is 0.124 e. The Morgan fingerprint density at radius 3 is 2.73 bits per heavy atom. The average molecular weight is 323 g/mol. The van der Waals surface area contributed by atoms with Crippen LogP contribution in [-0.4, -0.2) is 43.7 Å². The van der Waals surface area contributed by atoms with Gasteiger partial charge in [-0.3, -0.25) is 4.90 Å². The Hall–Kier alpha value is -0.770. The first-order valence-corrected chi connectivity index (χ1v) is 8.99. The molecule has 0 aliphatic carbocycles. The number of rotatable bonds is 5. The molecule has 122 valence electrons.